The summed E-state index contributed by atoms with van der Waals surface area (Å²) >= 11 is 0. The summed E-state index contributed by atoms with van der Waals surface area (Å²) in [5.74, 6) is 5.28. The summed E-state index contributed by atoms with van der Waals surface area (Å²) in [5.41, 5.74) is 3.90. The molecule has 0 spiro atoms. The maximum atomic E-state index is 11.2. The standard InChI is InChI=1S/C26H23N3O3/c1-2-4-20(15-26(30)31)19-8-10-23(11-9-19)32-25(13-18-5-3-12-27-16-18)21-6-7-22-17-28-29-24(22)14-21/h3,5-12,14,16-17,20,25H,13,15H2,1H3,(H,28,29)(H,30,31). The molecule has 0 aliphatic heterocycles. The minimum atomic E-state index is -0.871. The van der Waals surface area contributed by atoms with Crippen LogP contribution in [-0.2, 0) is 11.2 Å². The summed E-state index contributed by atoms with van der Waals surface area (Å²) < 4.78 is 6.39. The topological polar surface area (TPSA) is 88.1 Å². The van der Waals surface area contributed by atoms with Gasteiger partial charge in [-0.3, -0.25) is 14.9 Å². The van der Waals surface area contributed by atoms with Crippen molar-refractivity contribution in [2.24, 2.45) is 0 Å². The number of rotatable bonds is 8. The lowest BCUT2D eigenvalue weighted by Gasteiger charge is -2.20. The molecule has 0 aliphatic carbocycles. The second-order valence-corrected chi connectivity index (χ2v) is 7.50. The number of benzene rings is 2. The number of nitrogens with zero attached hydrogens (tertiary/aromatic N) is 2. The van der Waals surface area contributed by atoms with Crippen molar-refractivity contribution in [2.75, 3.05) is 0 Å². The Hall–Kier alpha value is -4.11. The average Bonchev–Trinajstić information content (AvgIpc) is 3.27. The Bertz CT molecular complexity index is 1250. The van der Waals surface area contributed by atoms with E-state index >= 15 is 0 Å². The van der Waals surface area contributed by atoms with Crippen molar-refractivity contribution in [3.63, 3.8) is 0 Å². The van der Waals surface area contributed by atoms with Crippen molar-refractivity contribution in [3.8, 4) is 17.6 Å². The number of carboxylic acids is 1. The number of hydrogen-bond acceptors (Lipinski definition) is 4. The van der Waals surface area contributed by atoms with Gasteiger partial charge in [0.1, 0.15) is 11.9 Å². The lowest BCUT2D eigenvalue weighted by Crippen LogP contribution is -2.11. The average molecular weight is 425 g/mol. The Balaban J connectivity index is 1.60. The number of aromatic nitrogens is 3. The van der Waals surface area contributed by atoms with Gasteiger partial charge in [0.2, 0.25) is 0 Å². The molecule has 2 atom stereocenters. The predicted octanol–water partition coefficient (Wildman–Crippen LogP) is 4.90. The van der Waals surface area contributed by atoms with Gasteiger partial charge in [-0.1, -0.05) is 36.3 Å². The smallest absolute Gasteiger partial charge is 0.304 e. The quantitative estimate of drug-likeness (QED) is 0.392. The molecule has 6 nitrogen and oxygen atoms in total. The van der Waals surface area contributed by atoms with Gasteiger partial charge >= 0.3 is 5.97 Å². The van der Waals surface area contributed by atoms with E-state index in [0.29, 0.717) is 12.2 Å². The molecule has 6 heteroatoms. The molecule has 4 rings (SSSR count). The van der Waals surface area contributed by atoms with Crippen LogP contribution in [0.5, 0.6) is 5.75 Å². The summed E-state index contributed by atoms with van der Waals surface area (Å²) in [6.45, 7) is 1.71. The molecule has 0 aliphatic rings. The van der Waals surface area contributed by atoms with E-state index in [2.05, 4.69) is 33.1 Å². The maximum absolute atomic E-state index is 11.2. The first-order valence-corrected chi connectivity index (χ1v) is 10.3. The summed E-state index contributed by atoms with van der Waals surface area (Å²) in [6.07, 6.45) is 5.77. The Morgan fingerprint density at radius 1 is 1.12 bits per heavy atom. The van der Waals surface area contributed by atoms with Crippen LogP contribution < -0.4 is 4.74 Å². The van der Waals surface area contributed by atoms with Gasteiger partial charge in [-0.25, -0.2) is 0 Å². The highest BCUT2D eigenvalue weighted by Gasteiger charge is 2.17. The highest BCUT2D eigenvalue weighted by molar-refractivity contribution is 5.78. The van der Waals surface area contributed by atoms with E-state index in [4.69, 9.17) is 9.84 Å². The minimum Gasteiger partial charge on any atom is -0.485 e. The molecule has 0 saturated carbocycles. The minimum absolute atomic E-state index is 0.0329. The molecule has 2 N–H and O–H groups in total. The molecule has 0 radical (unpaired) electrons. The fourth-order valence-electron chi connectivity index (χ4n) is 3.66. The van der Waals surface area contributed by atoms with E-state index in [0.717, 1.165) is 27.6 Å². The van der Waals surface area contributed by atoms with Crippen LogP contribution in [0.15, 0.2) is 73.2 Å². The first-order chi connectivity index (χ1) is 15.6. The van der Waals surface area contributed by atoms with Crippen molar-refractivity contribution < 1.29 is 14.6 Å². The number of hydrogen-bond donors (Lipinski definition) is 2. The molecule has 0 saturated heterocycles. The third kappa shape index (κ3) is 5.13. The highest BCUT2D eigenvalue weighted by atomic mass is 16.5. The summed E-state index contributed by atoms with van der Waals surface area (Å²) in [5, 5.41) is 17.3. The monoisotopic (exact) mass is 425 g/mol. The van der Waals surface area contributed by atoms with E-state index in [1.54, 1.807) is 19.3 Å². The highest BCUT2D eigenvalue weighted by Crippen LogP contribution is 2.29. The predicted molar refractivity (Wildman–Crippen MR) is 122 cm³/mol. The van der Waals surface area contributed by atoms with E-state index in [1.807, 2.05) is 54.7 Å². The van der Waals surface area contributed by atoms with Gasteiger partial charge in [0, 0.05) is 24.2 Å². The Morgan fingerprint density at radius 3 is 2.66 bits per heavy atom. The zero-order chi connectivity index (χ0) is 22.3. The molecule has 32 heavy (non-hydrogen) atoms. The Kier molecular flexibility index (Phi) is 6.47. The molecular weight excluding hydrogens is 402 g/mol. The van der Waals surface area contributed by atoms with Gasteiger partial charge < -0.3 is 9.84 Å². The van der Waals surface area contributed by atoms with Crippen LogP contribution in [0, 0.1) is 11.8 Å². The van der Waals surface area contributed by atoms with Crippen molar-refractivity contribution in [2.45, 2.75) is 31.8 Å². The van der Waals surface area contributed by atoms with Crippen LogP contribution in [0.2, 0.25) is 0 Å². The maximum Gasteiger partial charge on any atom is 0.304 e. The normalized spacial score (nSPS) is 12.5. The number of nitrogens with one attached hydrogen (secondary N) is 1. The van der Waals surface area contributed by atoms with E-state index < -0.39 is 5.97 Å². The summed E-state index contributed by atoms with van der Waals surface area (Å²) in [4.78, 5) is 15.4. The Labute approximate surface area is 186 Å². The Morgan fingerprint density at radius 2 is 1.94 bits per heavy atom. The first-order valence-electron chi connectivity index (χ1n) is 10.3. The van der Waals surface area contributed by atoms with Gasteiger partial charge in [-0.15, -0.1) is 5.92 Å². The SMILES string of the molecule is CC#CC(CC(=O)O)c1ccc(OC(Cc2cccnc2)c2ccc3cn[nH]c3c2)cc1. The molecular formula is C26H23N3O3. The lowest BCUT2D eigenvalue weighted by atomic mass is 9.96. The number of aliphatic carboxylic acids is 1. The van der Waals surface area contributed by atoms with E-state index in [9.17, 15) is 4.79 Å². The molecule has 2 aromatic heterocycles. The third-order valence-electron chi connectivity index (χ3n) is 5.24. The number of carboxylic acid groups (broad SMARTS) is 1. The van der Waals surface area contributed by atoms with Gasteiger partial charge in [0.05, 0.1) is 24.1 Å². The van der Waals surface area contributed by atoms with Crippen LogP contribution in [0.25, 0.3) is 10.9 Å². The fraction of sp³-hybridized carbons (Fsp3) is 0.192. The molecule has 2 aromatic carbocycles. The first kappa shape index (κ1) is 21.1. The van der Waals surface area contributed by atoms with Crippen molar-refractivity contribution >= 4 is 16.9 Å². The van der Waals surface area contributed by atoms with Crippen LogP contribution in [0.3, 0.4) is 0 Å². The van der Waals surface area contributed by atoms with Crippen LogP contribution in [-0.4, -0.2) is 26.3 Å². The van der Waals surface area contributed by atoms with Crippen molar-refractivity contribution in [3.05, 3.63) is 89.9 Å². The van der Waals surface area contributed by atoms with E-state index in [-0.39, 0.29) is 18.4 Å². The summed E-state index contributed by atoms with van der Waals surface area (Å²) in [6, 6.07) is 17.6. The molecule has 2 unspecified atom stereocenters. The van der Waals surface area contributed by atoms with Crippen molar-refractivity contribution in [1.29, 1.82) is 0 Å². The second kappa shape index (κ2) is 9.80. The van der Waals surface area contributed by atoms with E-state index in [1.165, 1.54) is 0 Å². The molecule has 0 fully saturated rings. The number of fused-ring (bicyclic) bond motifs is 1. The van der Waals surface area contributed by atoms with Gasteiger partial charge in [-0.05, 0) is 47.9 Å². The van der Waals surface area contributed by atoms with Gasteiger partial charge in [0.15, 0.2) is 0 Å². The molecule has 160 valence electrons. The van der Waals surface area contributed by atoms with Crippen molar-refractivity contribution in [1.82, 2.24) is 15.2 Å². The number of aromatic amines is 1. The molecule has 4 aromatic rings. The molecule has 0 bridgehead atoms. The van der Waals surface area contributed by atoms with Crippen LogP contribution >= 0.6 is 0 Å². The third-order valence-corrected chi connectivity index (χ3v) is 5.24. The molecule has 0 amide bonds. The lowest BCUT2D eigenvalue weighted by molar-refractivity contribution is -0.137. The second-order valence-electron chi connectivity index (χ2n) is 7.50. The van der Waals surface area contributed by atoms with Gasteiger partial charge in [-0.2, -0.15) is 5.10 Å². The number of pyridine rings is 1. The van der Waals surface area contributed by atoms with Crippen LogP contribution in [0.1, 0.15) is 42.1 Å². The summed E-state index contributed by atoms with van der Waals surface area (Å²) in [7, 11) is 0. The molecule has 2 heterocycles. The largest absolute Gasteiger partial charge is 0.485 e. The zero-order valence-corrected chi connectivity index (χ0v) is 17.7. The number of H-pyrrole nitrogens is 1. The zero-order valence-electron chi connectivity index (χ0n) is 17.7. The fourth-order valence-corrected chi connectivity index (χ4v) is 3.66. The van der Waals surface area contributed by atoms with Crippen LogP contribution in [0.4, 0.5) is 0 Å². The van der Waals surface area contributed by atoms with Gasteiger partial charge in [0.25, 0.3) is 0 Å². The number of carbonyl (C=O) groups is 1. The number of ether oxygens (including phenoxy) is 1.